The maximum Gasteiger partial charge on any atom is 0.393 e. The van der Waals surface area contributed by atoms with Gasteiger partial charge in [-0.15, -0.1) is 11.3 Å². The number of aromatic nitrogens is 2. The highest BCUT2D eigenvalue weighted by Crippen LogP contribution is 2.34. The van der Waals surface area contributed by atoms with Crippen LogP contribution in [-0.2, 0) is 6.42 Å². The molecular weight excluding hydrogens is 413 g/mol. The fourth-order valence-electron chi connectivity index (χ4n) is 4.29. The molecule has 3 atom stereocenters. The number of hydrazone groups is 1. The molecule has 6 nitrogen and oxygen atoms in total. The first-order valence-corrected chi connectivity index (χ1v) is 11.2. The lowest BCUT2D eigenvalue weighted by atomic mass is 10.0. The molecule has 4 rings (SSSR count). The van der Waals surface area contributed by atoms with Gasteiger partial charge in [-0.1, -0.05) is 0 Å². The van der Waals surface area contributed by atoms with Gasteiger partial charge in [-0.3, -0.25) is 5.01 Å². The van der Waals surface area contributed by atoms with E-state index in [1.807, 2.05) is 18.3 Å². The molecule has 2 aliphatic heterocycles. The van der Waals surface area contributed by atoms with E-state index in [1.165, 1.54) is 6.33 Å². The topological polar surface area (TPSA) is 56.6 Å². The SMILES string of the molecule is C[C@H](N[C@@H]1CCCN(c2ncnc3sc(CC(F)(F)F)cc23)CC1)C1C=NN(C)C1. The van der Waals surface area contributed by atoms with Crippen molar-refractivity contribution < 1.29 is 13.2 Å². The van der Waals surface area contributed by atoms with Crippen LogP contribution in [0.3, 0.4) is 0 Å². The number of alkyl halides is 3. The Labute approximate surface area is 178 Å². The summed E-state index contributed by atoms with van der Waals surface area (Å²) >= 11 is 1.10. The van der Waals surface area contributed by atoms with Crippen LogP contribution in [-0.4, -0.2) is 66.1 Å². The molecule has 0 amide bonds. The van der Waals surface area contributed by atoms with Crippen molar-refractivity contribution in [1.29, 1.82) is 0 Å². The third-order valence-corrected chi connectivity index (χ3v) is 6.88. The molecule has 1 fully saturated rings. The van der Waals surface area contributed by atoms with Gasteiger partial charge in [0.15, 0.2) is 0 Å². The molecule has 4 heterocycles. The number of hydrogen-bond donors (Lipinski definition) is 1. The number of anilines is 1. The van der Waals surface area contributed by atoms with Crippen molar-refractivity contribution in [2.75, 3.05) is 31.6 Å². The molecule has 30 heavy (non-hydrogen) atoms. The fourth-order valence-corrected chi connectivity index (χ4v) is 5.31. The van der Waals surface area contributed by atoms with Crippen molar-refractivity contribution in [3.05, 3.63) is 17.3 Å². The molecule has 1 unspecified atom stereocenters. The van der Waals surface area contributed by atoms with Crippen LogP contribution in [0, 0.1) is 5.92 Å². The molecule has 10 heteroatoms. The second kappa shape index (κ2) is 8.66. The number of hydrogen-bond acceptors (Lipinski definition) is 7. The number of fused-ring (bicyclic) bond motifs is 1. The molecule has 2 aromatic heterocycles. The molecular formula is C20H27F3N6S. The van der Waals surface area contributed by atoms with Crippen LogP contribution in [0.15, 0.2) is 17.5 Å². The molecule has 2 aromatic rings. The standard InChI is InChI=1S/C20H27F3N6S/c1-13(14-10-26-28(2)11-14)27-15-4-3-6-29(7-5-15)18-17-8-16(9-20(21,22)23)30-19(17)25-12-24-18/h8,10,12-15,27H,3-7,9,11H2,1-2H3/t13-,14?,15+/m0/s1. The Morgan fingerprint density at radius 3 is 2.83 bits per heavy atom. The largest absolute Gasteiger partial charge is 0.393 e. The number of thiophene rings is 1. The van der Waals surface area contributed by atoms with Gasteiger partial charge in [0.05, 0.1) is 11.8 Å². The third-order valence-electron chi connectivity index (χ3n) is 5.83. The minimum Gasteiger partial charge on any atom is -0.356 e. The van der Waals surface area contributed by atoms with Crippen molar-refractivity contribution >= 4 is 33.6 Å². The maximum atomic E-state index is 12.8. The summed E-state index contributed by atoms with van der Waals surface area (Å²) in [4.78, 5) is 11.7. The fraction of sp³-hybridized carbons (Fsp3) is 0.650. The third kappa shape index (κ3) is 5.03. The lowest BCUT2D eigenvalue weighted by Crippen LogP contribution is -2.43. The Balaban J connectivity index is 1.43. The summed E-state index contributed by atoms with van der Waals surface area (Å²) in [5.41, 5.74) is 0. The van der Waals surface area contributed by atoms with E-state index in [4.69, 9.17) is 0 Å². The summed E-state index contributed by atoms with van der Waals surface area (Å²) in [6.45, 7) is 4.81. The van der Waals surface area contributed by atoms with E-state index in [0.717, 1.165) is 61.4 Å². The van der Waals surface area contributed by atoms with Crippen molar-refractivity contribution in [2.24, 2.45) is 11.0 Å². The quantitative estimate of drug-likeness (QED) is 0.769. The van der Waals surface area contributed by atoms with Crippen molar-refractivity contribution in [1.82, 2.24) is 20.3 Å². The molecule has 1 N–H and O–H groups in total. The molecule has 0 spiro atoms. The van der Waals surface area contributed by atoms with E-state index < -0.39 is 12.6 Å². The average Bonchev–Trinajstić information content (AvgIpc) is 3.20. The minimum atomic E-state index is -4.22. The normalized spacial score (nSPS) is 23.9. The van der Waals surface area contributed by atoms with E-state index in [2.05, 4.69) is 32.2 Å². The van der Waals surface area contributed by atoms with E-state index in [0.29, 0.717) is 22.8 Å². The van der Waals surface area contributed by atoms with Crippen molar-refractivity contribution in [2.45, 2.75) is 50.9 Å². The highest BCUT2D eigenvalue weighted by Gasteiger charge is 2.30. The molecule has 1 saturated heterocycles. The Kier molecular flexibility index (Phi) is 6.15. The van der Waals surface area contributed by atoms with Crippen molar-refractivity contribution in [3.8, 4) is 0 Å². The summed E-state index contributed by atoms with van der Waals surface area (Å²) in [5.74, 6) is 1.16. The molecule has 2 aliphatic rings. The van der Waals surface area contributed by atoms with Crippen LogP contribution in [0.25, 0.3) is 10.2 Å². The van der Waals surface area contributed by atoms with Gasteiger partial charge in [-0.05, 0) is 32.3 Å². The van der Waals surface area contributed by atoms with Gasteiger partial charge in [0, 0.05) is 55.8 Å². The Morgan fingerprint density at radius 1 is 1.27 bits per heavy atom. The molecule has 164 valence electrons. The first kappa shape index (κ1) is 21.3. The molecule has 0 aliphatic carbocycles. The van der Waals surface area contributed by atoms with Crippen LogP contribution in [0.5, 0.6) is 0 Å². The summed E-state index contributed by atoms with van der Waals surface area (Å²) in [5, 5.41) is 10.8. The van der Waals surface area contributed by atoms with Gasteiger partial charge < -0.3 is 10.2 Å². The number of rotatable bonds is 5. The maximum absolute atomic E-state index is 12.8. The predicted molar refractivity (Wildman–Crippen MR) is 114 cm³/mol. The second-order valence-electron chi connectivity index (χ2n) is 8.26. The summed E-state index contributed by atoms with van der Waals surface area (Å²) in [6, 6.07) is 2.37. The molecule has 0 bridgehead atoms. The lowest BCUT2D eigenvalue weighted by molar-refractivity contribution is -0.126. The Morgan fingerprint density at radius 2 is 2.10 bits per heavy atom. The van der Waals surface area contributed by atoms with Gasteiger partial charge in [0.2, 0.25) is 0 Å². The van der Waals surface area contributed by atoms with Crippen molar-refractivity contribution in [3.63, 3.8) is 0 Å². The smallest absolute Gasteiger partial charge is 0.356 e. The first-order chi connectivity index (χ1) is 14.3. The summed E-state index contributed by atoms with van der Waals surface area (Å²) in [6.07, 6.45) is 1.39. The zero-order valence-corrected chi connectivity index (χ0v) is 18.0. The van der Waals surface area contributed by atoms with E-state index in [1.54, 1.807) is 6.07 Å². The molecule has 0 saturated carbocycles. The molecule has 0 aromatic carbocycles. The van der Waals surface area contributed by atoms with Gasteiger partial charge in [0.25, 0.3) is 0 Å². The van der Waals surface area contributed by atoms with Gasteiger partial charge in [-0.25, -0.2) is 9.97 Å². The summed E-state index contributed by atoms with van der Waals surface area (Å²) in [7, 11) is 1.99. The highest BCUT2D eigenvalue weighted by atomic mass is 32.1. The zero-order chi connectivity index (χ0) is 21.3. The first-order valence-electron chi connectivity index (χ1n) is 10.3. The zero-order valence-electron chi connectivity index (χ0n) is 17.2. The van der Waals surface area contributed by atoms with E-state index in [-0.39, 0.29) is 4.88 Å². The second-order valence-corrected chi connectivity index (χ2v) is 9.37. The van der Waals surface area contributed by atoms with Gasteiger partial charge in [0.1, 0.15) is 17.0 Å². The van der Waals surface area contributed by atoms with Gasteiger partial charge in [-0.2, -0.15) is 18.3 Å². The number of nitrogens with one attached hydrogen (secondary N) is 1. The van der Waals surface area contributed by atoms with Crippen LogP contribution < -0.4 is 10.2 Å². The van der Waals surface area contributed by atoms with Crippen LogP contribution in [0.1, 0.15) is 31.1 Å². The van der Waals surface area contributed by atoms with Crippen LogP contribution >= 0.6 is 11.3 Å². The Bertz CT molecular complexity index is 898. The highest BCUT2D eigenvalue weighted by molar-refractivity contribution is 7.18. The number of halogens is 3. The minimum absolute atomic E-state index is 0.283. The number of nitrogens with zero attached hydrogens (tertiary/aromatic N) is 5. The lowest BCUT2D eigenvalue weighted by Gasteiger charge is -2.26. The predicted octanol–water partition coefficient (Wildman–Crippen LogP) is 3.68. The molecule has 0 radical (unpaired) electrons. The van der Waals surface area contributed by atoms with Gasteiger partial charge >= 0.3 is 6.18 Å². The van der Waals surface area contributed by atoms with Crippen LogP contribution in [0.2, 0.25) is 0 Å². The van der Waals surface area contributed by atoms with E-state index >= 15 is 0 Å². The summed E-state index contributed by atoms with van der Waals surface area (Å²) < 4.78 is 38.4. The monoisotopic (exact) mass is 440 g/mol. The average molecular weight is 441 g/mol. The van der Waals surface area contributed by atoms with E-state index in [9.17, 15) is 13.2 Å². The van der Waals surface area contributed by atoms with Crippen LogP contribution in [0.4, 0.5) is 19.0 Å². The Hall–Kier alpha value is -1.94.